The molecule has 0 aliphatic carbocycles. The Kier molecular flexibility index (Phi) is 4.72. The fraction of sp³-hybridized carbons (Fsp3) is 0.308. The number of carboxylic acid groups (broad SMARTS) is 1. The van der Waals surface area contributed by atoms with Crippen molar-refractivity contribution in [2.45, 2.75) is 0 Å². The number of rotatable bonds is 3. The van der Waals surface area contributed by atoms with Crippen molar-refractivity contribution in [3.63, 3.8) is 0 Å². The van der Waals surface area contributed by atoms with Crippen LogP contribution in [-0.2, 0) is 4.79 Å². The van der Waals surface area contributed by atoms with E-state index >= 15 is 0 Å². The predicted molar refractivity (Wildman–Crippen MR) is 80.3 cm³/mol. The third-order valence-corrected chi connectivity index (χ3v) is 4.39. The standard InChI is InChI=1S/C13H14BrNO2S/c14-12-9-11(15-5-7-18-8-6-15)3-1-10(12)2-4-13(16)17/h1-4,9H,5-8H2,(H,16,17)/b4-2+. The first kappa shape index (κ1) is 13.5. The first-order valence-corrected chi connectivity index (χ1v) is 7.65. The lowest BCUT2D eigenvalue weighted by Crippen LogP contribution is -2.32. The maximum absolute atomic E-state index is 10.5. The van der Waals surface area contributed by atoms with Crippen LogP contribution in [-0.4, -0.2) is 35.7 Å². The molecule has 0 aromatic heterocycles. The molecule has 0 bridgehead atoms. The molecule has 96 valence electrons. The third-order valence-electron chi connectivity index (χ3n) is 2.77. The number of aliphatic carboxylic acids is 1. The van der Waals surface area contributed by atoms with Gasteiger partial charge >= 0.3 is 5.97 Å². The predicted octanol–water partition coefficient (Wildman–Crippen LogP) is 3.10. The summed E-state index contributed by atoms with van der Waals surface area (Å²) in [6.07, 6.45) is 2.75. The smallest absolute Gasteiger partial charge is 0.328 e. The molecule has 1 aromatic carbocycles. The number of benzene rings is 1. The summed E-state index contributed by atoms with van der Waals surface area (Å²) >= 11 is 5.47. The van der Waals surface area contributed by atoms with E-state index in [-0.39, 0.29) is 0 Å². The van der Waals surface area contributed by atoms with Crippen molar-refractivity contribution in [3.05, 3.63) is 34.3 Å². The molecular weight excluding hydrogens is 314 g/mol. The molecule has 0 radical (unpaired) electrons. The monoisotopic (exact) mass is 327 g/mol. The molecule has 1 aliphatic rings. The summed E-state index contributed by atoms with van der Waals surface area (Å²) in [4.78, 5) is 12.8. The Morgan fingerprint density at radius 1 is 1.39 bits per heavy atom. The van der Waals surface area contributed by atoms with Crippen molar-refractivity contribution >= 4 is 45.4 Å². The van der Waals surface area contributed by atoms with Gasteiger partial charge in [-0.05, 0) is 23.8 Å². The van der Waals surface area contributed by atoms with E-state index in [2.05, 4.69) is 26.9 Å². The van der Waals surface area contributed by atoms with Crippen LogP contribution in [0.1, 0.15) is 5.56 Å². The zero-order chi connectivity index (χ0) is 13.0. The normalized spacial score (nSPS) is 16.2. The molecule has 1 N–H and O–H groups in total. The van der Waals surface area contributed by atoms with Crippen LogP contribution in [0.4, 0.5) is 5.69 Å². The number of carbonyl (C=O) groups is 1. The summed E-state index contributed by atoms with van der Waals surface area (Å²) in [5.41, 5.74) is 2.07. The van der Waals surface area contributed by atoms with Gasteiger partial charge in [0.25, 0.3) is 0 Å². The molecule has 1 fully saturated rings. The summed E-state index contributed by atoms with van der Waals surface area (Å²) < 4.78 is 0.927. The third kappa shape index (κ3) is 3.53. The van der Waals surface area contributed by atoms with Crippen LogP contribution in [0, 0.1) is 0 Å². The fourth-order valence-corrected chi connectivity index (χ4v) is 3.23. The maximum atomic E-state index is 10.5. The van der Waals surface area contributed by atoms with Crippen LogP contribution in [0.25, 0.3) is 6.08 Å². The van der Waals surface area contributed by atoms with Crippen LogP contribution in [0.2, 0.25) is 0 Å². The number of hydrogen-bond donors (Lipinski definition) is 1. The Bertz CT molecular complexity index is 470. The van der Waals surface area contributed by atoms with E-state index in [9.17, 15) is 4.79 Å². The van der Waals surface area contributed by atoms with E-state index < -0.39 is 5.97 Å². The van der Waals surface area contributed by atoms with Gasteiger partial charge in [-0.2, -0.15) is 11.8 Å². The van der Waals surface area contributed by atoms with Crippen molar-refractivity contribution in [3.8, 4) is 0 Å². The topological polar surface area (TPSA) is 40.5 Å². The van der Waals surface area contributed by atoms with Gasteiger partial charge in [0.05, 0.1) is 0 Å². The highest BCUT2D eigenvalue weighted by molar-refractivity contribution is 9.10. The fourth-order valence-electron chi connectivity index (χ4n) is 1.83. The highest BCUT2D eigenvalue weighted by atomic mass is 79.9. The Morgan fingerprint density at radius 3 is 2.72 bits per heavy atom. The highest BCUT2D eigenvalue weighted by Crippen LogP contribution is 2.26. The van der Waals surface area contributed by atoms with Gasteiger partial charge in [-0.25, -0.2) is 4.79 Å². The molecule has 1 aromatic rings. The number of thioether (sulfide) groups is 1. The molecule has 0 amide bonds. The second kappa shape index (κ2) is 6.29. The van der Waals surface area contributed by atoms with Gasteiger partial charge < -0.3 is 10.0 Å². The summed E-state index contributed by atoms with van der Waals surface area (Å²) in [6, 6.07) is 6.04. The zero-order valence-corrected chi connectivity index (χ0v) is 12.2. The second-order valence-electron chi connectivity index (χ2n) is 3.98. The molecule has 0 unspecified atom stereocenters. The van der Waals surface area contributed by atoms with E-state index in [0.29, 0.717) is 0 Å². The van der Waals surface area contributed by atoms with Crippen molar-refractivity contribution in [1.29, 1.82) is 0 Å². The van der Waals surface area contributed by atoms with Crippen molar-refractivity contribution in [2.24, 2.45) is 0 Å². The first-order valence-electron chi connectivity index (χ1n) is 5.70. The molecule has 1 aliphatic heterocycles. The van der Waals surface area contributed by atoms with E-state index in [1.165, 1.54) is 5.69 Å². The van der Waals surface area contributed by atoms with Gasteiger partial charge in [-0.1, -0.05) is 22.0 Å². The van der Waals surface area contributed by atoms with Gasteiger partial charge in [0.15, 0.2) is 0 Å². The molecule has 2 rings (SSSR count). The summed E-state index contributed by atoms with van der Waals surface area (Å²) in [7, 11) is 0. The SMILES string of the molecule is O=C(O)/C=C/c1ccc(N2CCSCC2)cc1Br. The van der Waals surface area contributed by atoms with Crippen LogP contribution in [0.15, 0.2) is 28.7 Å². The molecule has 0 spiro atoms. The zero-order valence-electron chi connectivity index (χ0n) is 9.80. The molecular formula is C13H14BrNO2S. The van der Waals surface area contributed by atoms with E-state index in [1.54, 1.807) is 6.08 Å². The first-order chi connectivity index (χ1) is 8.66. The van der Waals surface area contributed by atoms with Crippen LogP contribution in [0.3, 0.4) is 0 Å². The van der Waals surface area contributed by atoms with Crippen LogP contribution >= 0.6 is 27.7 Å². The number of hydrogen-bond acceptors (Lipinski definition) is 3. The van der Waals surface area contributed by atoms with Gasteiger partial charge in [-0.3, -0.25) is 0 Å². The largest absolute Gasteiger partial charge is 0.478 e. The number of carboxylic acids is 1. The summed E-state index contributed by atoms with van der Waals surface area (Å²) in [6.45, 7) is 2.14. The number of anilines is 1. The Labute approximate surface area is 119 Å². The molecule has 18 heavy (non-hydrogen) atoms. The molecule has 0 atom stereocenters. The minimum Gasteiger partial charge on any atom is -0.478 e. The van der Waals surface area contributed by atoms with Crippen LogP contribution in [0.5, 0.6) is 0 Å². The van der Waals surface area contributed by atoms with E-state index in [1.807, 2.05) is 23.9 Å². The molecule has 1 saturated heterocycles. The lowest BCUT2D eigenvalue weighted by Gasteiger charge is -2.28. The van der Waals surface area contributed by atoms with Crippen molar-refractivity contribution < 1.29 is 9.90 Å². The molecule has 5 heteroatoms. The molecule has 3 nitrogen and oxygen atoms in total. The minimum atomic E-state index is -0.931. The number of nitrogens with zero attached hydrogens (tertiary/aromatic N) is 1. The Balaban J connectivity index is 2.16. The Hall–Kier alpha value is -0.940. The lowest BCUT2D eigenvalue weighted by molar-refractivity contribution is -0.131. The second-order valence-corrected chi connectivity index (χ2v) is 6.06. The van der Waals surface area contributed by atoms with Crippen molar-refractivity contribution in [2.75, 3.05) is 29.5 Å². The summed E-state index contributed by atoms with van der Waals surface area (Å²) in [5, 5.41) is 8.61. The van der Waals surface area contributed by atoms with Gasteiger partial charge in [0, 0.05) is 40.8 Å². The van der Waals surface area contributed by atoms with Gasteiger partial charge in [0.1, 0.15) is 0 Å². The van der Waals surface area contributed by atoms with Gasteiger partial charge in [-0.15, -0.1) is 0 Å². The van der Waals surface area contributed by atoms with E-state index in [4.69, 9.17) is 5.11 Å². The number of halogens is 1. The lowest BCUT2D eigenvalue weighted by atomic mass is 10.2. The quantitative estimate of drug-likeness (QED) is 0.866. The average molecular weight is 328 g/mol. The average Bonchev–Trinajstić information content (AvgIpc) is 2.38. The minimum absolute atomic E-state index is 0.882. The summed E-state index contributed by atoms with van der Waals surface area (Å²) in [5.74, 6) is 1.40. The Morgan fingerprint density at radius 2 is 2.11 bits per heavy atom. The van der Waals surface area contributed by atoms with Crippen LogP contribution < -0.4 is 4.90 Å². The molecule has 0 saturated carbocycles. The maximum Gasteiger partial charge on any atom is 0.328 e. The van der Waals surface area contributed by atoms with Gasteiger partial charge in [0.2, 0.25) is 0 Å². The highest BCUT2D eigenvalue weighted by Gasteiger charge is 2.11. The van der Waals surface area contributed by atoms with Crippen molar-refractivity contribution in [1.82, 2.24) is 0 Å². The van der Waals surface area contributed by atoms with E-state index in [0.717, 1.165) is 40.7 Å². The molecule has 1 heterocycles.